The highest BCUT2D eigenvalue weighted by Crippen LogP contribution is 2.34. The van der Waals surface area contributed by atoms with Crippen LogP contribution in [0, 0.1) is 11.3 Å². The predicted octanol–water partition coefficient (Wildman–Crippen LogP) is 2.82. The number of rotatable bonds is 5. The van der Waals surface area contributed by atoms with Gasteiger partial charge in [0, 0.05) is 31.4 Å². The summed E-state index contributed by atoms with van der Waals surface area (Å²) in [6, 6.07) is 7.53. The Morgan fingerprint density at radius 2 is 2.00 bits per heavy atom. The number of carbonyl (C=O) groups excluding carboxylic acids is 1. The van der Waals surface area contributed by atoms with E-state index in [-0.39, 0.29) is 18.1 Å². The van der Waals surface area contributed by atoms with Crippen LogP contribution in [0.1, 0.15) is 19.3 Å². The summed E-state index contributed by atoms with van der Waals surface area (Å²) in [7, 11) is 0. The van der Waals surface area contributed by atoms with Crippen LogP contribution in [0.15, 0.2) is 18.2 Å². The van der Waals surface area contributed by atoms with Gasteiger partial charge in [-0.1, -0.05) is 24.0 Å². The van der Waals surface area contributed by atoms with E-state index >= 15 is 0 Å². The average molecular weight is 392 g/mol. The third-order valence-electron chi connectivity index (χ3n) is 4.27. The molecule has 1 aromatic carbocycles. The molecule has 0 unspecified atom stereocenters. The lowest BCUT2D eigenvalue weighted by molar-refractivity contribution is -0.116. The minimum atomic E-state index is -0.0662. The predicted molar refractivity (Wildman–Crippen MR) is 106 cm³/mol. The van der Waals surface area contributed by atoms with Crippen molar-refractivity contribution in [2.75, 3.05) is 43.5 Å². The van der Waals surface area contributed by atoms with Gasteiger partial charge in [-0.05, 0) is 25.0 Å². The molecule has 2 heterocycles. The highest BCUT2D eigenvalue weighted by Gasteiger charge is 2.21. The number of nitrogens with zero attached hydrogens (tertiary/aromatic N) is 3. The number of nitriles is 1. The first-order valence-corrected chi connectivity index (χ1v) is 10.1. The van der Waals surface area contributed by atoms with Crippen molar-refractivity contribution in [3.05, 3.63) is 18.2 Å². The number of hydrogen-bond donors (Lipinski definition) is 0. The number of amides is 1. The standard InChI is InChI=1S/C18H21N3O3S2/c19-6-3-9-21(14-4-5-15-16(12-14)24-11-10-23-15)17(22)13-26-18(25)20-7-1-2-8-20/h4-5,12H,1-3,7-11,13H2. The van der Waals surface area contributed by atoms with Gasteiger partial charge >= 0.3 is 0 Å². The Morgan fingerprint density at radius 3 is 2.73 bits per heavy atom. The Kier molecular flexibility index (Phi) is 6.58. The van der Waals surface area contributed by atoms with Crippen LogP contribution < -0.4 is 14.4 Å². The van der Waals surface area contributed by atoms with Crippen molar-refractivity contribution in [2.45, 2.75) is 19.3 Å². The lowest BCUT2D eigenvalue weighted by Crippen LogP contribution is -2.34. The zero-order valence-electron chi connectivity index (χ0n) is 14.5. The van der Waals surface area contributed by atoms with Gasteiger partial charge in [0.15, 0.2) is 11.5 Å². The molecule has 1 saturated heterocycles. The van der Waals surface area contributed by atoms with Gasteiger partial charge in [0.25, 0.3) is 0 Å². The van der Waals surface area contributed by atoms with Crippen LogP contribution in [0.2, 0.25) is 0 Å². The molecule has 26 heavy (non-hydrogen) atoms. The Balaban J connectivity index is 1.67. The van der Waals surface area contributed by atoms with Crippen molar-refractivity contribution in [3.63, 3.8) is 0 Å². The maximum Gasteiger partial charge on any atom is 0.237 e. The summed E-state index contributed by atoms with van der Waals surface area (Å²) >= 11 is 6.83. The highest BCUT2D eigenvalue weighted by molar-refractivity contribution is 8.23. The monoisotopic (exact) mass is 391 g/mol. The SMILES string of the molecule is N#CCCN(C(=O)CSC(=S)N1CCCC1)c1ccc2c(c1)OCCO2. The molecular weight excluding hydrogens is 370 g/mol. The van der Waals surface area contributed by atoms with E-state index in [4.69, 9.17) is 27.0 Å². The molecule has 0 spiro atoms. The molecule has 1 fully saturated rings. The van der Waals surface area contributed by atoms with Crippen LogP contribution in [0.3, 0.4) is 0 Å². The quantitative estimate of drug-likeness (QED) is 0.715. The zero-order valence-corrected chi connectivity index (χ0v) is 16.1. The van der Waals surface area contributed by atoms with Crippen LogP contribution in [0.25, 0.3) is 0 Å². The number of thioether (sulfide) groups is 1. The molecule has 0 aliphatic carbocycles. The highest BCUT2D eigenvalue weighted by atomic mass is 32.2. The minimum Gasteiger partial charge on any atom is -0.486 e. The number of anilines is 1. The largest absolute Gasteiger partial charge is 0.486 e. The lowest BCUT2D eigenvalue weighted by atomic mass is 10.2. The molecule has 1 aromatic rings. The molecule has 0 saturated carbocycles. The smallest absolute Gasteiger partial charge is 0.237 e. The summed E-state index contributed by atoms with van der Waals surface area (Å²) in [5.74, 6) is 1.50. The van der Waals surface area contributed by atoms with Crippen LogP contribution in [0.4, 0.5) is 5.69 Å². The first-order chi connectivity index (χ1) is 12.7. The van der Waals surface area contributed by atoms with Crippen molar-refractivity contribution in [3.8, 4) is 17.6 Å². The zero-order chi connectivity index (χ0) is 18.4. The number of benzene rings is 1. The molecule has 1 amide bonds. The molecule has 0 bridgehead atoms. The maximum atomic E-state index is 12.8. The molecular formula is C18H21N3O3S2. The van der Waals surface area contributed by atoms with Crippen LogP contribution in [-0.4, -0.2) is 53.7 Å². The molecule has 8 heteroatoms. The van der Waals surface area contributed by atoms with Gasteiger partial charge in [0.05, 0.1) is 18.2 Å². The number of fused-ring (bicyclic) bond motifs is 1. The third kappa shape index (κ3) is 4.59. The average Bonchev–Trinajstić information content (AvgIpc) is 3.21. The number of thiocarbonyl (C=S) groups is 1. The lowest BCUT2D eigenvalue weighted by Gasteiger charge is -2.25. The van der Waals surface area contributed by atoms with Gasteiger partial charge in [-0.3, -0.25) is 4.79 Å². The summed E-state index contributed by atoms with van der Waals surface area (Å²) in [5, 5.41) is 8.93. The second kappa shape index (κ2) is 9.10. The molecule has 2 aliphatic heterocycles. The molecule has 0 radical (unpaired) electrons. The molecule has 3 rings (SSSR count). The van der Waals surface area contributed by atoms with Crippen molar-refractivity contribution in [1.29, 1.82) is 5.26 Å². The molecule has 0 N–H and O–H groups in total. The fourth-order valence-corrected chi connectivity index (χ4v) is 4.08. The number of hydrogen-bond acceptors (Lipinski definition) is 6. The van der Waals surface area contributed by atoms with Gasteiger partial charge in [0.2, 0.25) is 5.91 Å². The van der Waals surface area contributed by atoms with E-state index in [1.807, 2.05) is 6.07 Å². The van der Waals surface area contributed by atoms with E-state index in [2.05, 4.69) is 11.0 Å². The number of likely N-dealkylation sites (tertiary alicyclic amines) is 1. The maximum absolute atomic E-state index is 12.8. The Morgan fingerprint density at radius 1 is 1.27 bits per heavy atom. The number of carbonyl (C=O) groups is 1. The first-order valence-electron chi connectivity index (χ1n) is 8.67. The Bertz CT molecular complexity index is 714. The van der Waals surface area contributed by atoms with Gasteiger partial charge in [-0.2, -0.15) is 5.26 Å². The van der Waals surface area contributed by atoms with Crippen molar-refractivity contribution in [2.24, 2.45) is 0 Å². The second-order valence-corrected chi connectivity index (χ2v) is 7.64. The fourth-order valence-electron chi connectivity index (χ4n) is 2.95. The summed E-state index contributed by atoms with van der Waals surface area (Å²) in [4.78, 5) is 16.6. The van der Waals surface area contributed by atoms with Crippen LogP contribution in [-0.2, 0) is 4.79 Å². The van der Waals surface area contributed by atoms with E-state index in [1.165, 1.54) is 11.8 Å². The molecule has 138 valence electrons. The summed E-state index contributed by atoms with van der Waals surface area (Å²) < 4.78 is 11.9. The van der Waals surface area contributed by atoms with Crippen molar-refractivity contribution >= 4 is 39.9 Å². The van der Waals surface area contributed by atoms with E-state index < -0.39 is 0 Å². The first kappa shape index (κ1) is 18.8. The minimum absolute atomic E-state index is 0.0662. The Labute approximate surface area is 163 Å². The van der Waals surface area contributed by atoms with Crippen LogP contribution in [0.5, 0.6) is 11.5 Å². The summed E-state index contributed by atoms with van der Waals surface area (Å²) in [6.07, 6.45) is 2.57. The third-order valence-corrected chi connectivity index (χ3v) is 5.78. The number of ether oxygens (including phenoxy) is 2. The molecule has 6 nitrogen and oxygen atoms in total. The molecule has 0 aromatic heterocycles. The Hall–Kier alpha value is -1.98. The summed E-state index contributed by atoms with van der Waals surface area (Å²) in [6.45, 7) is 3.29. The molecule has 0 atom stereocenters. The molecule has 2 aliphatic rings. The van der Waals surface area contributed by atoms with Crippen molar-refractivity contribution in [1.82, 2.24) is 4.90 Å². The van der Waals surface area contributed by atoms with E-state index in [1.54, 1.807) is 17.0 Å². The topological polar surface area (TPSA) is 65.8 Å². The summed E-state index contributed by atoms with van der Waals surface area (Å²) in [5.41, 5.74) is 0.710. The fraction of sp³-hybridized carbons (Fsp3) is 0.500. The van der Waals surface area contributed by atoms with Gasteiger partial charge in [0.1, 0.15) is 17.5 Å². The second-order valence-electron chi connectivity index (χ2n) is 6.03. The van der Waals surface area contributed by atoms with E-state index in [9.17, 15) is 4.79 Å². The van der Waals surface area contributed by atoms with Gasteiger partial charge < -0.3 is 19.3 Å². The normalized spacial score (nSPS) is 15.4. The van der Waals surface area contributed by atoms with E-state index in [0.29, 0.717) is 36.9 Å². The van der Waals surface area contributed by atoms with E-state index in [0.717, 1.165) is 30.3 Å². The van der Waals surface area contributed by atoms with Crippen LogP contribution >= 0.6 is 24.0 Å². The van der Waals surface area contributed by atoms with Gasteiger partial charge in [-0.15, -0.1) is 0 Å². The van der Waals surface area contributed by atoms with Crippen molar-refractivity contribution < 1.29 is 14.3 Å². The van der Waals surface area contributed by atoms with Gasteiger partial charge in [-0.25, -0.2) is 0 Å².